The molecule has 0 spiro atoms. The summed E-state index contributed by atoms with van der Waals surface area (Å²) >= 11 is 0. The van der Waals surface area contributed by atoms with Gasteiger partial charge in [0.25, 0.3) is 0 Å². The maximum absolute atomic E-state index is 11.7. The number of rotatable bonds is 4. The summed E-state index contributed by atoms with van der Waals surface area (Å²) in [5.74, 6) is 0.194. The molecule has 2 heterocycles. The maximum atomic E-state index is 11.7. The van der Waals surface area contributed by atoms with Crippen LogP contribution in [-0.2, 0) is 11.2 Å². The van der Waals surface area contributed by atoms with E-state index in [4.69, 9.17) is 0 Å². The Labute approximate surface area is 90.1 Å². The molecule has 1 aromatic heterocycles. The molecule has 0 N–H and O–H groups in total. The summed E-state index contributed by atoms with van der Waals surface area (Å²) in [6, 6.07) is 3.88. The number of amides is 1. The SMILES string of the molecule is CCCCCN1C(=O)Cc2ncccc21. The fourth-order valence-corrected chi connectivity index (χ4v) is 1.95. The van der Waals surface area contributed by atoms with Crippen LogP contribution in [0.25, 0.3) is 0 Å². The van der Waals surface area contributed by atoms with Gasteiger partial charge >= 0.3 is 0 Å². The number of nitrogens with zero attached hydrogens (tertiary/aromatic N) is 2. The number of fused-ring (bicyclic) bond motifs is 1. The zero-order chi connectivity index (χ0) is 10.7. The molecule has 0 unspecified atom stereocenters. The first kappa shape index (κ1) is 10.1. The van der Waals surface area contributed by atoms with Gasteiger partial charge in [-0.2, -0.15) is 0 Å². The van der Waals surface area contributed by atoms with Crippen LogP contribution in [0, 0.1) is 0 Å². The lowest BCUT2D eigenvalue weighted by molar-refractivity contribution is -0.117. The van der Waals surface area contributed by atoms with Crippen molar-refractivity contribution in [3.05, 3.63) is 24.0 Å². The number of anilines is 1. The first-order valence-corrected chi connectivity index (χ1v) is 5.57. The molecule has 0 aromatic carbocycles. The molecular weight excluding hydrogens is 188 g/mol. The van der Waals surface area contributed by atoms with Crippen LogP contribution in [0.4, 0.5) is 5.69 Å². The zero-order valence-corrected chi connectivity index (χ0v) is 9.07. The summed E-state index contributed by atoms with van der Waals surface area (Å²) in [6.07, 6.45) is 5.67. The van der Waals surface area contributed by atoms with Crippen LogP contribution in [0.1, 0.15) is 31.9 Å². The molecule has 3 nitrogen and oxygen atoms in total. The molecule has 1 amide bonds. The highest BCUT2D eigenvalue weighted by Gasteiger charge is 2.26. The predicted octanol–water partition coefficient (Wildman–Crippen LogP) is 2.16. The zero-order valence-electron chi connectivity index (χ0n) is 9.07. The van der Waals surface area contributed by atoms with Gasteiger partial charge in [0.15, 0.2) is 0 Å². The summed E-state index contributed by atoms with van der Waals surface area (Å²) in [5, 5.41) is 0. The van der Waals surface area contributed by atoms with E-state index >= 15 is 0 Å². The Kier molecular flexibility index (Phi) is 2.99. The van der Waals surface area contributed by atoms with Crippen molar-refractivity contribution < 1.29 is 4.79 Å². The van der Waals surface area contributed by atoms with Crippen molar-refractivity contribution >= 4 is 11.6 Å². The highest BCUT2D eigenvalue weighted by atomic mass is 16.2. The molecule has 0 saturated carbocycles. The molecule has 2 rings (SSSR count). The van der Waals surface area contributed by atoms with Gasteiger partial charge in [0.2, 0.25) is 5.91 Å². The van der Waals surface area contributed by atoms with E-state index in [1.807, 2.05) is 17.0 Å². The second-order valence-electron chi connectivity index (χ2n) is 3.90. The summed E-state index contributed by atoms with van der Waals surface area (Å²) in [7, 11) is 0. The van der Waals surface area contributed by atoms with E-state index in [9.17, 15) is 4.79 Å². The number of hydrogen-bond donors (Lipinski definition) is 0. The minimum Gasteiger partial charge on any atom is -0.310 e. The molecule has 0 saturated heterocycles. The molecule has 0 aliphatic carbocycles. The number of hydrogen-bond acceptors (Lipinski definition) is 2. The van der Waals surface area contributed by atoms with Gasteiger partial charge in [0.1, 0.15) is 0 Å². The highest BCUT2D eigenvalue weighted by molar-refractivity contribution is 6.00. The van der Waals surface area contributed by atoms with Crippen molar-refractivity contribution in [3.63, 3.8) is 0 Å². The summed E-state index contributed by atoms with van der Waals surface area (Å²) in [6.45, 7) is 3.01. The molecule has 3 heteroatoms. The largest absolute Gasteiger partial charge is 0.310 e. The Hall–Kier alpha value is -1.38. The normalized spacial score (nSPS) is 14.5. The Morgan fingerprint density at radius 3 is 3.13 bits per heavy atom. The molecular formula is C12H16N2O. The number of unbranched alkanes of at least 4 members (excludes halogenated alkanes) is 2. The van der Waals surface area contributed by atoms with Gasteiger partial charge in [0, 0.05) is 12.7 Å². The van der Waals surface area contributed by atoms with Gasteiger partial charge < -0.3 is 4.90 Å². The topological polar surface area (TPSA) is 33.2 Å². The molecule has 80 valence electrons. The fourth-order valence-electron chi connectivity index (χ4n) is 1.95. The quantitative estimate of drug-likeness (QED) is 0.704. The summed E-state index contributed by atoms with van der Waals surface area (Å²) in [5.41, 5.74) is 1.94. The number of pyridine rings is 1. The van der Waals surface area contributed by atoms with E-state index in [-0.39, 0.29) is 5.91 Å². The van der Waals surface area contributed by atoms with E-state index in [1.165, 1.54) is 12.8 Å². The van der Waals surface area contributed by atoms with E-state index in [2.05, 4.69) is 11.9 Å². The number of carbonyl (C=O) groups is 1. The Morgan fingerprint density at radius 2 is 2.33 bits per heavy atom. The van der Waals surface area contributed by atoms with Crippen LogP contribution < -0.4 is 4.90 Å². The second kappa shape index (κ2) is 4.43. The standard InChI is InChI=1S/C12H16N2O/c1-2-3-4-8-14-11-6-5-7-13-10(11)9-12(14)15/h5-7H,2-4,8-9H2,1H3. The Balaban J connectivity index is 2.08. The lowest BCUT2D eigenvalue weighted by atomic mass is 10.2. The maximum Gasteiger partial charge on any atom is 0.233 e. The lowest BCUT2D eigenvalue weighted by Crippen LogP contribution is -2.27. The van der Waals surface area contributed by atoms with E-state index in [0.717, 1.165) is 24.3 Å². The minimum atomic E-state index is 0.194. The molecule has 1 aromatic rings. The Morgan fingerprint density at radius 1 is 1.47 bits per heavy atom. The van der Waals surface area contributed by atoms with Gasteiger partial charge in [-0.3, -0.25) is 9.78 Å². The minimum absolute atomic E-state index is 0.194. The van der Waals surface area contributed by atoms with Gasteiger partial charge in [-0.1, -0.05) is 19.8 Å². The third-order valence-electron chi connectivity index (χ3n) is 2.76. The average Bonchev–Trinajstić information content (AvgIpc) is 2.56. The van der Waals surface area contributed by atoms with Gasteiger partial charge in [-0.15, -0.1) is 0 Å². The van der Waals surface area contributed by atoms with E-state index in [1.54, 1.807) is 6.20 Å². The van der Waals surface area contributed by atoms with Crippen LogP contribution in [0.5, 0.6) is 0 Å². The summed E-state index contributed by atoms with van der Waals surface area (Å²) < 4.78 is 0. The molecule has 1 aliphatic heterocycles. The monoisotopic (exact) mass is 204 g/mol. The molecule has 0 bridgehead atoms. The van der Waals surface area contributed by atoms with Crippen molar-refractivity contribution in [1.82, 2.24) is 4.98 Å². The fraction of sp³-hybridized carbons (Fsp3) is 0.500. The van der Waals surface area contributed by atoms with Gasteiger partial charge in [-0.05, 0) is 18.6 Å². The molecule has 0 atom stereocenters. The number of carbonyl (C=O) groups excluding carboxylic acids is 1. The first-order chi connectivity index (χ1) is 7.33. The van der Waals surface area contributed by atoms with Crippen LogP contribution >= 0.6 is 0 Å². The van der Waals surface area contributed by atoms with Crippen molar-refractivity contribution in [2.24, 2.45) is 0 Å². The molecule has 0 fully saturated rings. The van der Waals surface area contributed by atoms with Crippen molar-refractivity contribution in [2.45, 2.75) is 32.6 Å². The van der Waals surface area contributed by atoms with Crippen molar-refractivity contribution in [2.75, 3.05) is 11.4 Å². The van der Waals surface area contributed by atoms with Crippen LogP contribution in [0.2, 0.25) is 0 Å². The van der Waals surface area contributed by atoms with E-state index in [0.29, 0.717) is 6.42 Å². The third-order valence-corrected chi connectivity index (χ3v) is 2.76. The van der Waals surface area contributed by atoms with Crippen LogP contribution in [0.3, 0.4) is 0 Å². The molecule has 1 aliphatic rings. The van der Waals surface area contributed by atoms with Crippen LogP contribution in [-0.4, -0.2) is 17.4 Å². The van der Waals surface area contributed by atoms with Crippen LogP contribution in [0.15, 0.2) is 18.3 Å². The van der Waals surface area contributed by atoms with Gasteiger partial charge in [0.05, 0.1) is 17.8 Å². The molecule has 15 heavy (non-hydrogen) atoms. The average molecular weight is 204 g/mol. The molecule has 0 radical (unpaired) electrons. The van der Waals surface area contributed by atoms with Crippen molar-refractivity contribution in [1.29, 1.82) is 0 Å². The lowest BCUT2D eigenvalue weighted by Gasteiger charge is -2.16. The smallest absolute Gasteiger partial charge is 0.233 e. The number of aromatic nitrogens is 1. The Bertz CT molecular complexity index is 362. The highest BCUT2D eigenvalue weighted by Crippen LogP contribution is 2.26. The predicted molar refractivity (Wildman–Crippen MR) is 59.8 cm³/mol. The second-order valence-corrected chi connectivity index (χ2v) is 3.90. The van der Waals surface area contributed by atoms with E-state index < -0.39 is 0 Å². The van der Waals surface area contributed by atoms with Crippen molar-refractivity contribution in [3.8, 4) is 0 Å². The summed E-state index contributed by atoms with van der Waals surface area (Å²) in [4.78, 5) is 17.8. The first-order valence-electron chi connectivity index (χ1n) is 5.57. The third kappa shape index (κ3) is 2.01. The van der Waals surface area contributed by atoms with Gasteiger partial charge in [-0.25, -0.2) is 0 Å².